The smallest absolute Gasteiger partial charge is 0.233 e. The largest absolute Gasteiger partial charge is 0.354 e. The second-order valence-corrected chi connectivity index (χ2v) is 5.19. The maximum absolute atomic E-state index is 12.3. The fraction of sp³-hybridized carbons (Fsp3) is 0.692. The first-order valence-corrected chi connectivity index (χ1v) is 6.26. The molecular weight excluding hydrogens is 234 g/mol. The molecule has 3 rings (SSSR count). The van der Waals surface area contributed by atoms with Gasteiger partial charge in [-0.25, -0.2) is 0 Å². The van der Waals surface area contributed by atoms with Crippen LogP contribution >= 0.6 is 0 Å². The summed E-state index contributed by atoms with van der Waals surface area (Å²) in [4.78, 5) is 25.9. The fourth-order valence-corrected chi connectivity index (χ4v) is 3.54. The van der Waals surface area contributed by atoms with Crippen LogP contribution in [0.15, 0.2) is 12.2 Å². The number of hydrogen-bond acceptors (Lipinski definition) is 4. The van der Waals surface area contributed by atoms with Crippen LogP contribution in [-0.2, 0) is 19.1 Å². The Morgan fingerprint density at radius 1 is 1.17 bits per heavy atom. The number of hydrogen-bond donors (Lipinski definition) is 0. The second kappa shape index (κ2) is 4.17. The maximum Gasteiger partial charge on any atom is 0.233 e. The van der Waals surface area contributed by atoms with Crippen LogP contribution in [0.25, 0.3) is 0 Å². The van der Waals surface area contributed by atoms with E-state index in [0.717, 1.165) is 6.42 Å². The van der Waals surface area contributed by atoms with E-state index in [1.807, 2.05) is 0 Å². The highest BCUT2D eigenvalue weighted by atomic mass is 16.7. The van der Waals surface area contributed by atoms with E-state index in [1.54, 1.807) is 0 Å². The first-order chi connectivity index (χ1) is 8.67. The molecular formula is C13H17NO4. The van der Waals surface area contributed by atoms with Crippen molar-refractivity contribution in [1.29, 1.82) is 0 Å². The molecule has 1 aliphatic heterocycles. The zero-order valence-electron chi connectivity index (χ0n) is 10.5. The molecule has 1 heterocycles. The van der Waals surface area contributed by atoms with Crippen molar-refractivity contribution < 1.29 is 19.1 Å². The first-order valence-electron chi connectivity index (χ1n) is 6.26. The van der Waals surface area contributed by atoms with Crippen molar-refractivity contribution in [3.05, 3.63) is 12.2 Å². The molecule has 2 amide bonds. The van der Waals surface area contributed by atoms with Gasteiger partial charge in [0, 0.05) is 14.2 Å². The number of methoxy groups -OCH3 is 2. The third-order valence-electron chi connectivity index (χ3n) is 4.42. The molecule has 3 aliphatic rings. The van der Waals surface area contributed by atoms with Gasteiger partial charge in [0.15, 0.2) is 6.29 Å². The third-order valence-corrected chi connectivity index (χ3v) is 4.42. The number of nitrogens with zero attached hydrogens (tertiary/aromatic N) is 1. The molecule has 2 unspecified atom stereocenters. The zero-order chi connectivity index (χ0) is 12.9. The molecule has 5 heteroatoms. The molecule has 0 N–H and O–H groups in total. The third kappa shape index (κ3) is 1.47. The highest BCUT2D eigenvalue weighted by Gasteiger charge is 2.59. The van der Waals surface area contributed by atoms with Gasteiger partial charge >= 0.3 is 0 Å². The lowest BCUT2D eigenvalue weighted by Gasteiger charge is -2.21. The van der Waals surface area contributed by atoms with Crippen molar-refractivity contribution in [2.24, 2.45) is 23.7 Å². The molecule has 0 radical (unpaired) electrons. The number of carbonyl (C=O) groups is 2. The van der Waals surface area contributed by atoms with Crippen molar-refractivity contribution >= 4 is 11.8 Å². The topological polar surface area (TPSA) is 55.8 Å². The highest BCUT2D eigenvalue weighted by Crippen LogP contribution is 2.52. The van der Waals surface area contributed by atoms with E-state index in [9.17, 15) is 9.59 Å². The van der Waals surface area contributed by atoms with Crippen LogP contribution in [0.4, 0.5) is 0 Å². The second-order valence-electron chi connectivity index (χ2n) is 5.19. The van der Waals surface area contributed by atoms with Crippen molar-refractivity contribution in [2.75, 3.05) is 20.8 Å². The van der Waals surface area contributed by atoms with Crippen molar-refractivity contribution in [3.63, 3.8) is 0 Å². The van der Waals surface area contributed by atoms with Crippen LogP contribution in [0.5, 0.6) is 0 Å². The summed E-state index contributed by atoms with van der Waals surface area (Å²) in [6, 6.07) is 0. The molecule has 18 heavy (non-hydrogen) atoms. The lowest BCUT2D eigenvalue weighted by Crippen LogP contribution is -2.40. The van der Waals surface area contributed by atoms with E-state index in [4.69, 9.17) is 9.47 Å². The number of likely N-dealkylation sites (tertiary alicyclic amines) is 1. The summed E-state index contributed by atoms with van der Waals surface area (Å²) in [6.07, 6.45) is 4.59. The van der Waals surface area contributed by atoms with Crippen molar-refractivity contribution in [1.82, 2.24) is 4.90 Å². The molecule has 1 saturated carbocycles. The van der Waals surface area contributed by atoms with Gasteiger partial charge in [-0.2, -0.15) is 0 Å². The predicted octanol–water partition coefficient (Wildman–Crippen LogP) is 0.412. The molecule has 2 bridgehead atoms. The molecule has 98 valence electrons. The van der Waals surface area contributed by atoms with E-state index in [1.165, 1.54) is 19.1 Å². The van der Waals surface area contributed by atoms with Crippen LogP contribution in [0.2, 0.25) is 0 Å². The molecule has 4 atom stereocenters. The minimum absolute atomic E-state index is 0.0547. The highest BCUT2D eigenvalue weighted by molar-refractivity contribution is 6.06. The van der Waals surface area contributed by atoms with Crippen LogP contribution < -0.4 is 0 Å². The van der Waals surface area contributed by atoms with Crippen LogP contribution in [0.3, 0.4) is 0 Å². The van der Waals surface area contributed by atoms with Crippen LogP contribution in [0, 0.1) is 23.7 Å². The van der Waals surface area contributed by atoms with Crippen molar-refractivity contribution in [3.8, 4) is 0 Å². The SMILES string of the molecule is COC(CN1C(=O)C2C(C1=O)[C@H]1C=C[C@@H]2C1)OC. The van der Waals surface area contributed by atoms with Gasteiger partial charge in [-0.05, 0) is 18.3 Å². The van der Waals surface area contributed by atoms with E-state index in [0.29, 0.717) is 0 Å². The molecule has 0 aromatic rings. The fourth-order valence-electron chi connectivity index (χ4n) is 3.54. The van der Waals surface area contributed by atoms with Gasteiger partial charge in [0.1, 0.15) is 0 Å². The van der Waals surface area contributed by atoms with E-state index < -0.39 is 6.29 Å². The van der Waals surface area contributed by atoms with Gasteiger partial charge in [0.25, 0.3) is 0 Å². The Morgan fingerprint density at radius 3 is 2.11 bits per heavy atom. The van der Waals surface area contributed by atoms with Gasteiger partial charge in [-0.1, -0.05) is 12.2 Å². The van der Waals surface area contributed by atoms with E-state index in [2.05, 4.69) is 12.2 Å². The number of ether oxygens (including phenoxy) is 2. The lowest BCUT2D eigenvalue weighted by molar-refractivity contribution is -0.153. The average Bonchev–Trinajstić information content (AvgIpc) is 3.03. The Bertz CT molecular complexity index is 385. The number of amides is 2. The number of imide groups is 1. The molecule has 0 aromatic carbocycles. The Morgan fingerprint density at radius 2 is 1.67 bits per heavy atom. The summed E-state index contributed by atoms with van der Waals surface area (Å²) in [6.45, 7) is 0.192. The van der Waals surface area contributed by atoms with Gasteiger partial charge in [-0.3, -0.25) is 14.5 Å². The summed E-state index contributed by atoms with van der Waals surface area (Å²) >= 11 is 0. The van der Waals surface area contributed by atoms with Crippen LogP contribution in [-0.4, -0.2) is 43.8 Å². The number of carbonyl (C=O) groups excluding carboxylic acids is 2. The molecule has 0 aromatic heterocycles. The van der Waals surface area contributed by atoms with Crippen molar-refractivity contribution in [2.45, 2.75) is 12.7 Å². The minimum atomic E-state index is -0.540. The zero-order valence-corrected chi connectivity index (χ0v) is 10.5. The number of rotatable bonds is 4. The van der Waals surface area contributed by atoms with Gasteiger partial charge < -0.3 is 9.47 Å². The quantitative estimate of drug-likeness (QED) is 0.412. The monoisotopic (exact) mass is 251 g/mol. The minimum Gasteiger partial charge on any atom is -0.354 e. The summed E-state index contributed by atoms with van der Waals surface area (Å²) in [5.41, 5.74) is 0. The summed E-state index contributed by atoms with van der Waals surface area (Å²) in [7, 11) is 3.01. The van der Waals surface area contributed by atoms with E-state index in [-0.39, 0.29) is 42.0 Å². The molecule has 2 fully saturated rings. The standard InChI is InChI=1S/C13H17NO4/c1-17-9(18-2)6-14-12(15)10-7-3-4-8(5-7)11(10)13(14)16/h3-4,7-11H,5-6H2,1-2H3/t7-,8+,10?,11?. The normalized spacial score (nSPS) is 37.2. The van der Waals surface area contributed by atoms with Gasteiger partial charge in [0.05, 0.1) is 18.4 Å². The number of fused-ring (bicyclic) bond motifs is 5. The summed E-state index contributed by atoms with van der Waals surface area (Å²) in [5, 5.41) is 0. The average molecular weight is 251 g/mol. The number of allylic oxidation sites excluding steroid dienone is 2. The molecule has 1 saturated heterocycles. The Balaban J connectivity index is 1.79. The predicted molar refractivity (Wildman–Crippen MR) is 62.2 cm³/mol. The van der Waals surface area contributed by atoms with Gasteiger partial charge in [0.2, 0.25) is 11.8 Å². The Labute approximate surface area is 106 Å². The first kappa shape index (κ1) is 11.9. The molecule has 0 spiro atoms. The van der Waals surface area contributed by atoms with Gasteiger partial charge in [-0.15, -0.1) is 0 Å². The Kier molecular flexibility index (Phi) is 2.75. The lowest BCUT2D eigenvalue weighted by atomic mass is 9.85. The van der Waals surface area contributed by atoms with Crippen LogP contribution in [0.1, 0.15) is 6.42 Å². The molecule has 5 nitrogen and oxygen atoms in total. The summed E-state index contributed by atoms with van der Waals surface area (Å²) in [5.74, 6) is 0.126. The maximum atomic E-state index is 12.3. The molecule has 2 aliphatic carbocycles. The van der Waals surface area contributed by atoms with E-state index >= 15 is 0 Å². The Hall–Kier alpha value is -1.20. The summed E-state index contributed by atoms with van der Waals surface area (Å²) < 4.78 is 10.1.